The monoisotopic (exact) mass is 884 g/mol. The van der Waals surface area contributed by atoms with Gasteiger partial charge < -0.3 is 20.3 Å². The van der Waals surface area contributed by atoms with Crippen LogP contribution in [-0.2, 0) is 14.3 Å². The molecule has 6 heteroatoms. The second kappa shape index (κ2) is 50.8. The van der Waals surface area contributed by atoms with Crippen LogP contribution in [0.25, 0.3) is 0 Å². The SMILES string of the molecule is CCCCC/C=C/C=C/C=C/C=C/CCCCCC(CC(=O)NC(CO)C(O)CCCCCCCCCCCC)OC(=O)CCCCCCCCCCCCCCCCCCCC. The maximum absolute atomic E-state index is 13.2. The van der Waals surface area contributed by atoms with Gasteiger partial charge in [0.15, 0.2) is 0 Å². The molecular weight excluding hydrogens is 779 g/mol. The number of aliphatic hydroxyl groups excluding tert-OH is 2. The fourth-order valence-electron chi connectivity index (χ4n) is 8.33. The molecule has 0 fully saturated rings. The van der Waals surface area contributed by atoms with Crippen molar-refractivity contribution in [3.8, 4) is 0 Å². The van der Waals surface area contributed by atoms with Crippen molar-refractivity contribution in [1.82, 2.24) is 5.32 Å². The Morgan fingerprint density at radius 1 is 0.460 bits per heavy atom. The molecule has 0 saturated heterocycles. The van der Waals surface area contributed by atoms with Gasteiger partial charge in [-0.2, -0.15) is 0 Å². The van der Waals surface area contributed by atoms with Gasteiger partial charge in [0.2, 0.25) is 5.91 Å². The lowest BCUT2D eigenvalue weighted by atomic mass is 10.0. The van der Waals surface area contributed by atoms with Crippen molar-refractivity contribution < 1.29 is 24.5 Å². The number of hydrogen-bond donors (Lipinski definition) is 3. The molecule has 0 aliphatic rings. The minimum atomic E-state index is -0.797. The van der Waals surface area contributed by atoms with Gasteiger partial charge >= 0.3 is 5.97 Å². The molecule has 0 aromatic rings. The molecule has 0 bridgehead atoms. The summed E-state index contributed by atoms with van der Waals surface area (Å²) in [5.74, 6) is -0.502. The molecule has 1 amide bonds. The molecule has 0 aromatic carbocycles. The Balaban J connectivity index is 4.60. The molecule has 0 aliphatic heterocycles. The largest absolute Gasteiger partial charge is 0.462 e. The summed E-state index contributed by atoms with van der Waals surface area (Å²) >= 11 is 0. The second-order valence-corrected chi connectivity index (χ2v) is 18.7. The number of hydrogen-bond acceptors (Lipinski definition) is 5. The zero-order valence-electron chi connectivity index (χ0n) is 42.0. The molecule has 63 heavy (non-hydrogen) atoms. The van der Waals surface area contributed by atoms with Gasteiger partial charge in [-0.1, -0.05) is 262 Å². The summed E-state index contributed by atoms with van der Waals surface area (Å²) in [6.07, 6.45) is 61.7. The molecule has 6 nitrogen and oxygen atoms in total. The first kappa shape index (κ1) is 60.8. The third-order valence-electron chi connectivity index (χ3n) is 12.5. The van der Waals surface area contributed by atoms with Gasteiger partial charge in [0.05, 0.1) is 25.2 Å². The molecule has 0 aliphatic carbocycles. The molecule has 3 atom stereocenters. The van der Waals surface area contributed by atoms with E-state index in [-0.39, 0.29) is 24.9 Å². The summed E-state index contributed by atoms with van der Waals surface area (Å²) in [6, 6.07) is -0.713. The van der Waals surface area contributed by atoms with Crippen molar-refractivity contribution in [2.75, 3.05) is 6.61 Å². The zero-order chi connectivity index (χ0) is 45.9. The van der Waals surface area contributed by atoms with Gasteiger partial charge in [-0.3, -0.25) is 9.59 Å². The van der Waals surface area contributed by atoms with Gasteiger partial charge in [0.1, 0.15) is 6.10 Å². The summed E-state index contributed by atoms with van der Waals surface area (Å²) in [4.78, 5) is 26.2. The molecule has 0 rings (SSSR count). The quantitative estimate of drug-likeness (QED) is 0.0321. The zero-order valence-corrected chi connectivity index (χ0v) is 42.0. The van der Waals surface area contributed by atoms with Crippen LogP contribution in [-0.4, -0.2) is 46.9 Å². The Morgan fingerprint density at radius 2 is 0.810 bits per heavy atom. The Morgan fingerprint density at radius 3 is 1.25 bits per heavy atom. The fourth-order valence-corrected chi connectivity index (χ4v) is 8.33. The fraction of sp³-hybridized carbons (Fsp3) is 0.825. The standard InChI is InChI=1S/C57H105NO5/c1-4-7-10-13-16-19-22-24-26-28-29-31-33-35-38-41-44-47-50-57(62)63-53(48-45-42-39-36-34-32-30-27-25-23-20-17-14-11-8-5-2)51-56(61)58-54(52-59)55(60)49-46-43-40-37-21-18-15-12-9-6-3/h17,20,23,25,27,30,32,34,53-55,59-60H,4-16,18-19,21-22,24,26,28-29,31,33,35-52H2,1-3H3,(H,58,61)/b20-17+,25-23+,30-27+,34-32+. The van der Waals surface area contributed by atoms with E-state index in [1.165, 1.54) is 161 Å². The number of amides is 1. The van der Waals surface area contributed by atoms with Gasteiger partial charge in [-0.25, -0.2) is 0 Å². The third-order valence-corrected chi connectivity index (χ3v) is 12.5. The predicted octanol–water partition coefficient (Wildman–Crippen LogP) is 16.6. The van der Waals surface area contributed by atoms with Gasteiger partial charge in [-0.15, -0.1) is 0 Å². The van der Waals surface area contributed by atoms with Crippen molar-refractivity contribution in [1.29, 1.82) is 0 Å². The minimum absolute atomic E-state index is 0.0541. The van der Waals surface area contributed by atoms with E-state index in [0.29, 0.717) is 19.3 Å². The van der Waals surface area contributed by atoms with Crippen molar-refractivity contribution in [2.24, 2.45) is 0 Å². The lowest BCUT2D eigenvalue weighted by Gasteiger charge is -2.24. The molecule has 3 N–H and O–H groups in total. The highest BCUT2D eigenvalue weighted by atomic mass is 16.5. The lowest BCUT2D eigenvalue weighted by Crippen LogP contribution is -2.46. The van der Waals surface area contributed by atoms with Gasteiger partial charge in [0.25, 0.3) is 0 Å². The number of carbonyl (C=O) groups excluding carboxylic acids is 2. The normalized spacial score (nSPS) is 13.5. The van der Waals surface area contributed by atoms with Gasteiger partial charge in [-0.05, 0) is 51.4 Å². The number of esters is 1. The number of allylic oxidation sites excluding steroid dienone is 8. The summed E-state index contributed by atoms with van der Waals surface area (Å²) in [6.45, 7) is 6.44. The molecule has 3 unspecified atom stereocenters. The lowest BCUT2D eigenvalue weighted by molar-refractivity contribution is -0.151. The van der Waals surface area contributed by atoms with E-state index in [1.807, 2.05) is 0 Å². The van der Waals surface area contributed by atoms with E-state index < -0.39 is 18.2 Å². The average molecular weight is 884 g/mol. The Bertz CT molecular complexity index is 1080. The highest BCUT2D eigenvalue weighted by Crippen LogP contribution is 2.18. The van der Waals surface area contributed by atoms with E-state index in [4.69, 9.17) is 4.74 Å². The third kappa shape index (κ3) is 46.2. The van der Waals surface area contributed by atoms with E-state index in [1.54, 1.807) is 0 Å². The molecule has 0 spiro atoms. The highest BCUT2D eigenvalue weighted by Gasteiger charge is 2.24. The summed E-state index contributed by atoms with van der Waals surface area (Å²) in [5.41, 5.74) is 0. The van der Waals surface area contributed by atoms with E-state index in [0.717, 1.165) is 70.6 Å². The van der Waals surface area contributed by atoms with Crippen LogP contribution < -0.4 is 5.32 Å². The van der Waals surface area contributed by atoms with E-state index in [9.17, 15) is 19.8 Å². The highest BCUT2D eigenvalue weighted by molar-refractivity contribution is 5.77. The second-order valence-electron chi connectivity index (χ2n) is 18.7. The first-order valence-electron chi connectivity index (χ1n) is 27.4. The van der Waals surface area contributed by atoms with Crippen molar-refractivity contribution in [3.05, 3.63) is 48.6 Å². The first-order chi connectivity index (χ1) is 31.0. The van der Waals surface area contributed by atoms with Crippen LogP contribution in [0.3, 0.4) is 0 Å². The molecular formula is C57H105NO5. The summed E-state index contributed by atoms with van der Waals surface area (Å²) in [7, 11) is 0. The maximum Gasteiger partial charge on any atom is 0.306 e. The maximum atomic E-state index is 13.2. The molecule has 0 radical (unpaired) electrons. The van der Waals surface area contributed by atoms with Crippen LogP contribution in [0, 0.1) is 0 Å². The Labute approximate surface area is 391 Å². The number of ether oxygens (including phenoxy) is 1. The molecule has 368 valence electrons. The molecule has 0 saturated carbocycles. The number of nitrogens with one attached hydrogen (secondary N) is 1. The van der Waals surface area contributed by atoms with Crippen molar-refractivity contribution in [3.63, 3.8) is 0 Å². The van der Waals surface area contributed by atoms with E-state index in [2.05, 4.69) is 74.7 Å². The van der Waals surface area contributed by atoms with Crippen LogP contribution in [0.2, 0.25) is 0 Å². The van der Waals surface area contributed by atoms with Crippen molar-refractivity contribution >= 4 is 11.9 Å². The van der Waals surface area contributed by atoms with Crippen LogP contribution in [0.5, 0.6) is 0 Å². The van der Waals surface area contributed by atoms with Crippen LogP contribution in [0.15, 0.2) is 48.6 Å². The number of carbonyl (C=O) groups is 2. The van der Waals surface area contributed by atoms with E-state index >= 15 is 0 Å². The minimum Gasteiger partial charge on any atom is -0.462 e. The smallest absolute Gasteiger partial charge is 0.306 e. The van der Waals surface area contributed by atoms with Crippen molar-refractivity contribution in [2.45, 2.75) is 296 Å². The predicted molar refractivity (Wildman–Crippen MR) is 273 cm³/mol. The topological polar surface area (TPSA) is 95.9 Å². The molecule has 0 heterocycles. The number of rotatable bonds is 49. The van der Waals surface area contributed by atoms with Crippen LogP contribution in [0.4, 0.5) is 0 Å². The first-order valence-corrected chi connectivity index (χ1v) is 27.4. The summed E-state index contributed by atoms with van der Waals surface area (Å²) < 4.78 is 5.93. The van der Waals surface area contributed by atoms with Crippen LogP contribution in [0.1, 0.15) is 278 Å². The number of aliphatic hydroxyl groups is 2. The van der Waals surface area contributed by atoms with Crippen LogP contribution >= 0.6 is 0 Å². The van der Waals surface area contributed by atoms with Gasteiger partial charge in [0, 0.05) is 6.42 Å². The average Bonchev–Trinajstić information content (AvgIpc) is 3.28. The molecule has 0 aromatic heterocycles. The Hall–Kier alpha value is -2.18. The summed E-state index contributed by atoms with van der Waals surface area (Å²) in [5, 5.41) is 23.7. The Kier molecular flexibility index (Phi) is 49.1. The number of unbranched alkanes of at least 4 members (excludes halogenated alkanes) is 32.